The third kappa shape index (κ3) is 2.50. The van der Waals surface area contributed by atoms with Crippen molar-refractivity contribution in [2.75, 3.05) is 18.0 Å². The van der Waals surface area contributed by atoms with Crippen molar-refractivity contribution in [3.05, 3.63) is 38.8 Å². The van der Waals surface area contributed by atoms with Crippen LogP contribution in [0.3, 0.4) is 0 Å². The summed E-state index contributed by atoms with van der Waals surface area (Å²) in [6, 6.07) is 3.09. The Hall–Kier alpha value is -2.11. The highest BCUT2D eigenvalue weighted by molar-refractivity contribution is 5.82. The van der Waals surface area contributed by atoms with E-state index in [1.165, 1.54) is 10.6 Å². The lowest BCUT2D eigenvalue weighted by molar-refractivity contribution is 0.551. The Morgan fingerprint density at radius 2 is 1.76 bits per heavy atom. The second-order valence-electron chi connectivity index (χ2n) is 7.76. The zero-order chi connectivity index (χ0) is 17.1. The summed E-state index contributed by atoms with van der Waals surface area (Å²) in [5.74, 6) is 0.150. The normalized spacial score (nSPS) is 20.6. The van der Waals surface area contributed by atoms with Crippen LogP contribution in [-0.4, -0.2) is 22.2 Å². The van der Waals surface area contributed by atoms with Crippen LogP contribution in [0.4, 0.5) is 10.1 Å². The summed E-state index contributed by atoms with van der Waals surface area (Å²) in [6.07, 6.45) is 6.06. The molecule has 1 aromatic carbocycles. The molecule has 2 heterocycles. The lowest BCUT2D eigenvalue weighted by Crippen LogP contribution is -2.40. The van der Waals surface area contributed by atoms with Gasteiger partial charge in [0.25, 0.3) is 5.56 Å². The van der Waals surface area contributed by atoms with Crippen LogP contribution in [0.25, 0.3) is 10.9 Å². The molecule has 1 saturated heterocycles. The van der Waals surface area contributed by atoms with Gasteiger partial charge in [0.2, 0.25) is 0 Å². The summed E-state index contributed by atoms with van der Waals surface area (Å²) in [6.45, 7) is 2.29. The number of hydrogen-bond acceptors (Lipinski definition) is 3. The Morgan fingerprint density at radius 3 is 2.40 bits per heavy atom. The second-order valence-corrected chi connectivity index (χ2v) is 7.76. The van der Waals surface area contributed by atoms with Crippen LogP contribution in [0.1, 0.15) is 44.6 Å². The van der Waals surface area contributed by atoms with Crippen LogP contribution < -0.4 is 16.1 Å². The molecule has 5 nitrogen and oxygen atoms in total. The van der Waals surface area contributed by atoms with E-state index < -0.39 is 0 Å². The SMILES string of the molecule is O=c1c2cc(F)c(N3CCCC3)cc2n(CC2CC2)c(=O)n1C1CC1. The van der Waals surface area contributed by atoms with Gasteiger partial charge < -0.3 is 4.90 Å². The molecule has 0 atom stereocenters. The van der Waals surface area contributed by atoms with Gasteiger partial charge in [0, 0.05) is 25.7 Å². The van der Waals surface area contributed by atoms with Crippen LogP contribution in [0.2, 0.25) is 0 Å². The van der Waals surface area contributed by atoms with E-state index in [0.717, 1.165) is 51.6 Å². The summed E-state index contributed by atoms with van der Waals surface area (Å²) in [7, 11) is 0. The average molecular weight is 343 g/mol. The van der Waals surface area contributed by atoms with Crippen molar-refractivity contribution < 1.29 is 4.39 Å². The van der Waals surface area contributed by atoms with Crippen LogP contribution in [-0.2, 0) is 6.54 Å². The minimum absolute atomic E-state index is 0.00354. The number of benzene rings is 1. The topological polar surface area (TPSA) is 47.2 Å². The van der Waals surface area contributed by atoms with E-state index in [4.69, 9.17) is 0 Å². The number of aromatic nitrogens is 2. The van der Waals surface area contributed by atoms with Gasteiger partial charge in [-0.3, -0.25) is 13.9 Å². The van der Waals surface area contributed by atoms with E-state index in [1.807, 2.05) is 4.90 Å². The van der Waals surface area contributed by atoms with Crippen molar-refractivity contribution >= 4 is 16.6 Å². The van der Waals surface area contributed by atoms with Gasteiger partial charge in [-0.15, -0.1) is 0 Å². The van der Waals surface area contributed by atoms with E-state index in [-0.39, 0.29) is 23.1 Å². The molecule has 1 aliphatic heterocycles. The minimum atomic E-state index is -0.356. The van der Waals surface area contributed by atoms with Gasteiger partial charge in [0.1, 0.15) is 5.82 Å². The Bertz CT molecular complexity index is 963. The highest BCUT2D eigenvalue weighted by Crippen LogP contribution is 2.35. The fourth-order valence-electron chi connectivity index (χ4n) is 3.99. The number of hydrogen-bond donors (Lipinski definition) is 0. The molecule has 0 amide bonds. The first-order valence-corrected chi connectivity index (χ1v) is 9.37. The molecule has 0 spiro atoms. The Balaban J connectivity index is 1.77. The summed E-state index contributed by atoms with van der Waals surface area (Å²) < 4.78 is 17.8. The molecule has 25 heavy (non-hydrogen) atoms. The smallest absolute Gasteiger partial charge is 0.331 e. The van der Waals surface area contributed by atoms with Crippen molar-refractivity contribution in [1.82, 2.24) is 9.13 Å². The maximum atomic E-state index is 14.7. The predicted octanol–water partition coefficient (Wildman–Crippen LogP) is 2.65. The van der Waals surface area contributed by atoms with E-state index >= 15 is 0 Å². The molecule has 2 aliphatic carbocycles. The number of fused-ring (bicyclic) bond motifs is 1. The summed E-state index contributed by atoms with van der Waals surface area (Å²) in [5, 5.41) is 0.340. The third-order valence-electron chi connectivity index (χ3n) is 5.74. The lowest BCUT2D eigenvalue weighted by Gasteiger charge is -2.21. The Morgan fingerprint density at radius 1 is 1.04 bits per heavy atom. The molecule has 0 unspecified atom stereocenters. The van der Waals surface area contributed by atoms with Crippen molar-refractivity contribution in [2.24, 2.45) is 5.92 Å². The molecule has 6 heteroatoms. The van der Waals surface area contributed by atoms with E-state index in [2.05, 4.69) is 0 Å². The van der Waals surface area contributed by atoms with Crippen LogP contribution in [0, 0.1) is 11.7 Å². The summed E-state index contributed by atoms with van der Waals surface area (Å²) >= 11 is 0. The standard InChI is InChI=1S/C19H22FN3O2/c20-15-9-14-16(10-17(15)21-7-1-2-8-21)22(11-12-3-4-12)19(25)23(18(14)24)13-5-6-13/h9-10,12-13H,1-8,11H2. The third-order valence-corrected chi connectivity index (χ3v) is 5.74. The number of anilines is 1. The molecule has 2 saturated carbocycles. The zero-order valence-corrected chi connectivity index (χ0v) is 14.2. The highest BCUT2D eigenvalue weighted by Gasteiger charge is 2.31. The van der Waals surface area contributed by atoms with Crippen molar-refractivity contribution in [3.8, 4) is 0 Å². The monoisotopic (exact) mass is 343 g/mol. The molecule has 132 valence electrons. The lowest BCUT2D eigenvalue weighted by atomic mass is 10.2. The fraction of sp³-hybridized carbons (Fsp3) is 0.579. The largest absolute Gasteiger partial charge is 0.369 e. The first kappa shape index (κ1) is 15.2. The maximum absolute atomic E-state index is 14.7. The van der Waals surface area contributed by atoms with Gasteiger partial charge in [0.05, 0.1) is 16.6 Å². The quantitative estimate of drug-likeness (QED) is 0.857. The zero-order valence-electron chi connectivity index (χ0n) is 14.2. The molecule has 0 bridgehead atoms. The first-order valence-electron chi connectivity index (χ1n) is 9.37. The summed E-state index contributed by atoms with van der Waals surface area (Å²) in [4.78, 5) is 27.8. The van der Waals surface area contributed by atoms with Gasteiger partial charge in [-0.05, 0) is 56.6 Å². The summed E-state index contributed by atoms with van der Waals surface area (Å²) in [5.41, 5.74) is 0.576. The van der Waals surface area contributed by atoms with Gasteiger partial charge >= 0.3 is 5.69 Å². The molecule has 1 aromatic heterocycles. The number of halogens is 1. The van der Waals surface area contributed by atoms with Crippen LogP contribution in [0.15, 0.2) is 21.7 Å². The second kappa shape index (κ2) is 5.44. The minimum Gasteiger partial charge on any atom is -0.369 e. The highest BCUT2D eigenvalue weighted by atomic mass is 19.1. The molecular weight excluding hydrogens is 321 g/mol. The fourth-order valence-corrected chi connectivity index (χ4v) is 3.99. The average Bonchev–Trinajstić information content (AvgIpc) is 3.52. The first-order chi connectivity index (χ1) is 12.1. The maximum Gasteiger partial charge on any atom is 0.331 e. The van der Waals surface area contributed by atoms with Crippen molar-refractivity contribution in [3.63, 3.8) is 0 Å². The van der Waals surface area contributed by atoms with E-state index in [9.17, 15) is 14.0 Å². The number of rotatable bonds is 4. The Kier molecular flexibility index (Phi) is 3.30. The predicted molar refractivity (Wildman–Crippen MR) is 94.9 cm³/mol. The Labute approximate surface area is 144 Å². The molecule has 5 rings (SSSR count). The van der Waals surface area contributed by atoms with Gasteiger partial charge in [-0.25, -0.2) is 9.18 Å². The molecule has 0 radical (unpaired) electrons. The van der Waals surface area contributed by atoms with Gasteiger partial charge in [0.15, 0.2) is 0 Å². The van der Waals surface area contributed by atoms with Crippen molar-refractivity contribution in [2.45, 2.75) is 51.1 Å². The molecule has 3 fully saturated rings. The number of nitrogens with zero attached hydrogens (tertiary/aromatic N) is 3. The molecular formula is C19H22FN3O2. The molecule has 3 aliphatic rings. The molecule has 0 N–H and O–H groups in total. The van der Waals surface area contributed by atoms with Crippen LogP contribution in [0.5, 0.6) is 0 Å². The van der Waals surface area contributed by atoms with E-state index in [1.54, 1.807) is 10.6 Å². The van der Waals surface area contributed by atoms with E-state index in [0.29, 0.717) is 29.1 Å². The van der Waals surface area contributed by atoms with Crippen LogP contribution >= 0.6 is 0 Å². The van der Waals surface area contributed by atoms with Crippen molar-refractivity contribution in [1.29, 1.82) is 0 Å². The molecule has 2 aromatic rings. The van der Waals surface area contributed by atoms with Gasteiger partial charge in [-0.1, -0.05) is 0 Å². The van der Waals surface area contributed by atoms with Gasteiger partial charge in [-0.2, -0.15) is 0 Å².